The molecule has 1 amide bonds. The van der Waals surface area contributed by atoms with E-state index in [1.54, 1.807) is 0 Å². The van der Waals surface area contributed by atoms with Crippen LogP contribution in [0.15, 0.2) is 24.3 Å². The van der Waals surface area contributed by atoms with Gasteiger partial charge in [-0.25, -0.2) is 15.0 Å². The number of hydrogen-bond donors (Lipinski definition) is 1. The van der Waals surface area contributed by atoms with E-state index < -0.39 is 0 Å². The lowest BCUT2D eigenvalue weighted by atomic mass is 9.98. The van der Waals surface area contributed by atoms with Crippen molar-refractivity contribution in [3.8, 4) is 0 Å². The van der Waals surface area contributed by atoms with Gasteiger partial charge in [-0.15, -0.1) is 11.6 Å². The van der Waals surface area contributed by atoms with Crippen molar-refractivity contribution in [1.29, 1.82) is 0 Å². The number of aromatic nitrogens is 3. The molecule has 1 aliphatic rings. The van der Waals surface area contributed by atoms with E-state index in [0.29, 0.717) is 23.9 Å². The topological polar surface area (TPSA) is 71.0 Å². The minimum Gasteiger partial charge on any atom is -0.334 e. The fourth-order valence-corrected chi connectivity index (χ4v) is 3.49. The van der Waals surface area contributed by atoms with E-state index in [-0.39, 0.29) is 11.9 Å². The number of carbonyl (C=O) groups excluding carboxylic acids is 1. The third kappa shape index (κ3) is 4.49. The summed E-state index contributed by atoms with van der Waals surface area (Å²) < 4.78 is 0. The van der Waals surface area contributed by atoms with Crippen LogP contribution in [-0.2, 0) is 4.79 Å². The summed E-state index contributed by atoms with van der Waals surface area (Å²) in [7, 11) is 0. The summed E-state index contributed by atoms with van der Waals surface area (Å²) in [5, 5.41) is 3.25. The number of hydrogen-bond acceptors (Lipinski definition) is 5. The van der Waals surface area contributed by atoms with Gasteiger partial charge in [-0.2, -0.15) is 0 Å². The number of nitrogens with zero attached hydrogens (tertiary/aromatic N) is 4. The highest BCUT2D eigenvalue weighted by molar-refractivity contribution is 6.18. The first kappa shape index (κ1) is 18.6. The van der Waals surface area contributed by atoms with Gasteiger partial charge in [-0.05, 0) is 45.2 Å². The lowest BCUT2D eigenvalue weighted by Gasteiger charge is -2.35. The molecule has 6 nitrogen and oxygen atoms in total. The van der Waals surface area contributed by atoms with Crippen molar-refractivity contribution in [2.75, 3.05) is 17.7 Å². The summed E-state index contributed by atoms with van der Waals surface area (Å²) >= 11 is 5.77. The number of piperidine rings is 1. The van der Waals surface area contributed by atoms with E-state index in [1.807, 2.05) is 43.0 Å². The molecular weight excluding hydrogens is 350 g/mol. The number of nitrogens with one attached hydrogen (secondary N) is 1. The molecule has 2 aromatic rings. The number of halogens is 1. The number of aryl methyl sites for hydroxylation is 2. The molecule has 1 aliphatic heterocycles. The van der Waals surface area contributed by atoms with E-state index in [4.69, 9.17) is 11.6 Å². The molecule has 0 aromatic carbocycles. The van der Waals surface area contributed by atoms with Gasteiger partial charge >= 0.3 is 0 Å². The van der Waals surface area contributed by atoms with Gasteiger partial charge in [0.25, 0.3) is 0 Å². The third-order valence-corrected chi connectivity index (χ3v) is 4.66. The third-order valence-electron chi connectivity index (χ3n) is 4.48. The van der Waals surface area contributed by atoms with Crippen molar-refractivity contribution in [1.82, 2.24) is 19.9 Å². The smallest absolute Gasteiger partial charge is 0.224 e. The Kier molecular flexibility index (Phi) is 6.04. The molecule has 1 N–H and O–H groups in total. The zero-order valence-electron chi connectivity index (χ0n) is 15.2. The number of amides is 1. The van der Waals surface area contributed by atoms with E-state index in [9.17, 15) is 4.79 Å². The van der Waals surface area contributed by atoms with Crippen molar-refractivity contribution in [3.63, 3.8) is 0 Å². The molecule has 0 bridgehead atoms. The van der Waals surface area contributed by atoms with Crippen LogP contribution in [-0.4, -0.2) is 38.2 Å². The monoisotopic (exact) mass is 373 g/mol. The second-order valence-corrected chi connectivity index (χ2v) is 6.93. The summed E-state index contributed by atoms with van der Waals surface area (Å²) in [6.07, 6.45) is 3.38. The molecule has 1 atom stereocenters. The molecule has 3 heterocycles. The molecule has 1 saturated heterocycles. The maximum absolute atomic E-state index is 12.5. The van der Waals surface area contributed by atoms with Gasteiger partial charge in [0.1, 0.15) is 17.5 Å². The standard InChI is InChI=1S/C19H24ClN5O/c1-13-6-5-8-17(21-13)24-18-12-15(22-14(2)23-18)16-7-3-4-11-25(16)19(26)9-10-20/h5-6,8,12,16H,3-4,7,9-11H2,1-2H3,(H,21,22,23,24). The van der Waals surface area contributed by atoms with Crippen LogP contribution in [0.1, 0.15) is 48.9 Å². The van der Waals surface area contributed by atoms with Crippen LogP contribution >= 0.6 is 11.6 Å². The van der Waals surface area contributed by atoms with Crippen LogP contribution in [0, 0.1) is 13.8 Å². The molecule has 0 radical (unpaired) electrons. The molecule has 1 fully saturated rings. The highest BCUT2D eigenvalue weighted by Gasteiger charge is 2.29. The maximum atomic E-state index is 12.5. The Bertz CT molecular complexity index is 782. The van der Waals surface area contributed by atoms with Gasteiger partial charge in [-0.1, -0.05) is 6.07 Å². The van der Waals surface area contributed by atoms with Crippen molar-refractivity contribution in [2.24, 2.45) is 0 Å². The molecule has 7 heteroatoms. The highest BCUT2D eigenvalue weighted by Crippen LogP contribution is 2.31. The van der Waals surface area contributed by atoms with Crippen molar-refractivity contribution in [3.05, 3.63) is 41.5 Å². The number of rotatable bonds is 5. The Morgan fingerprint density at radius 3 is 2.85 bits per heavy atom. The Morgan fingerprint density at radius 1 is 1.23 bits per heavy atom. The summed E-state index contributed by atoms with van der Waals surface area (Å²) in [6.45, 7) is 4.57. The fraction of sp³-hybridized carbons (Fsp3) is 0.474. The van der Waals surface area contributed by atoms with E-state index >= 15 is 0 Å². The van der Waals surface area contributed by atoms with Gasteiger partial charge in [0.2, 0.25) is 5.91 Å². The summed E-state index contributed by atoms with van der Waals surface area (Å²) in [4.78, 5) is 27.9. The average Bonchev–Trinajstić information content (AvgIpc) is 2.61. The molecule has 26 heavy (non-hydrogen) atoms. The van der Waals surface area contributed by atoms with Crippen LogP contribution < -0.4 is 5.32 Å². The van der Waals surface area contributed by atoms with Crippen molar-refractivity contribution in [2.45, 2.75) is 45.6 Å². The number of anilines is 2. The predicted octanol–water partition coefficient (Wildman–Crippen LogP) is 3.91. The number of pyridine rings is 1. The second-order valence-electron chi connectivity index (χ2n) is 6.55. The fourth-order valence-electron chi connectivity index (χ4n) is 3.33. The number of carbonyl (C=O) groups is 1. The van der Waals surface area contributed by atoms with Crippen molar-refractivity contribution < 1.29 is 4.79 Å². The summed E-state index contributed by atoms with van der Waals surface area (Å²) in [5.41, 5.74) is 1.81. The quantitative estimate of drug-likeness (QED) is 0.804. The van der Waals surface area contributed by atoms with Gasteiger partial charge in [0, 0.05) is 30.6 Å². The van der Waals surface area contributed by atoms with E-state index in [2.05, 4.69) is 20.3 Å². The maximum Gasteiger partial charge on any atom is 0.224 e. The Morgan fingerprint density at radius 2 is 2.08 bits per heavy atom. The SMILES string of the molecule is Cc1cccc(Nc2cc(C3CCCCN3C(=O)CCCl)nc(C)n2)n1. The Hall–Kier alpha value is -2.21. The second kappa shape index (κ2) is 8.45. The molecule has 1 unspecified atom stereocenters. The summed E-state index contributed by atoms with van der Waals surface area (Å²) in [5.74, 6) is 2.55. The van der Waals surface area contributed by atoms with Crippen LogP contribution in [0.5, 0.6) is 0 Å². The Labute approximate surface area is 159 Å². The average molecular weight is 374 g/mol. The number of likely N-dealkylation sites (tertiary alicyclic amines) is 1. The molecule has 3 rings (SSSR count). The number of alkyl halides is 1. The van der Waals surface area contributed by atoms with Crippen LogP contribution in [0.4, 0.5) is 11.6 Å². The van der Waals surface area contributed by atoms with Gasteiger partial charge in [-0.3, -0.25) is 4.79 Å². The van der Waals surface area contributed by atoms with Gasteiger partial charge < -0.3 is 10.2 Å². The van der Waals surface area contributed by atoms with Crippen LogP contribution in [0.3, 0.4) is 0 Å². The molecule has 138 valence electrons. The largest absolute Gasteiger partial charge is 0.334 e. The first-order chi connectivity index (χ1) is 12.6. The predicted molar refractivity (Wildman–Crippen MR) is 103 cm³/mol. The van der Waals surface area contributed by atoms with Crippen LogP contribution in [0.25, 0.3) is 0 Å². The van der Waals surface area contributed by atoms with Crippen LogP contribution in [0.2, 0.25) is 0 Å². The molecule has 0 spiro atoms. The zero-order valence-corrected chi connectivity index (χ0v) is 16.0. The van der Waals surface area contributed by atoms with E-state index in [1.165, 1.54) is 0 Å². The minimum atomic E-state index is -0.0211. The Balaban J connectivity index is 1.86. The molecule has 0 aliphatic carbocycles. The highest BCUT2D eigenvalue weighted by atomic mass is 35.5. The lowest BCUT2D eigenvalue weighted by molar-refractivity contribution is -0.134. The molecule has 2 aromatic heterocycles. The normalized spacial score (nSPS) is 17.2. The van der Waals surface area contributed by atoms with Crippen molar-refractivity contribution >= 4 is 29.1 Å². The summed E-state index contributed by atoms with van der Waals surface area (Å²) in [6, 6.07) is 7.71. The molecule has 0 saturated carbocycles. The zero-order chi connectivity index (χ0) is 18.5. The van der Waals surface area contributed by atoms with Gasteiger partial charge in [0.05, 0.1) is 11.7 Å². The first-order valence-electron chi connectivity index (χ1n) is 8.98. The lowest BCUT2D eigenvalue weighted by Crippen LogP contribution is -2.39. The molecular formula is C19H24ClN5O. The van der Waals surface area contributed by atoms with Gasteiger partial charge in [0.15, 0.2) is 0 Å². The first-order valence-corrected chi connectivity index (χ1v) is 9.52. The minimum absolute atomic E-state index is 0.0211. The van der Waals surface area contributed by atoms with E-state index in [0.717, 1.165) is 43.0 Å².